The van der Waals surface area contributed by atoms with Gasteiger partial charge in [0.25, 0.3) is 0 Å². The maximum absolute atomic E-state index is 12.1. The van der Waals surface area contributed by atoms with Crippen molar-refractivity contribution >= 4 is 11.9 Å². The molecule has 1 N–H and O–H groups in total. The monoisotopic (exact) mass is 346 g/mol. The minimum Gasteiger partial charge on any atom is -0.481 e. The quantitative estimate of drug-likeness (QED) is 0.255. The Labute approximate surface area is 145 Å². The molecule has 0 heterocycles. The highest BCUT2D eigenvalue weighted by molar-refractivity contribution is 5.70. The number of carbonyl (C=O) groups is 2. The van der Waals surface area contributed by atoms with Gasteiger partial charge in [0.2, 0.25) is 0 Å². The van der Waals surface area contributed by atoms with Crippen molar-refractivity contribution < 1.29 is 28.9 Å². The zero-order chi connectivity index (χ0) is 18.3. The lowest BCUT2D eigenvalue weighted by Gasteiger charge is -2.32. The Bertz CT molecular complexity index is 332. The molecule has 0 radical (unpaired) electrons. The molecule has 0 rings (SSSR count). The van der Waals surface area contributed by atoms with Gasteiger partial charge in [-0.1, -0.05) is 33.6 Å². The van der Waals surface area contributed by atoms with Gasteiger partial charge in [0.1, 0.15) is 0 Å². The molecule has 0 aromatic heterocycles. The van der Waals surface area contributed by atoms with Crippen LogP contribution in [0.4, 0.5) is 0 Å². The first-order valence-electron chi connectivity index (χ1n) is 9.21. The standard InChI is InChI=1S/C18H34O6/c1-4-7-14-22-18(13-6-3,23-15-8-5-2)24-17(21)12-10-9-11-16(19)20/h4-15H2,1-3H3,(H,19,20). The largest absolute Gasteiger partial charge is 0.481 e. The third-order valence-corrected chi connectivity index (χ3v) is 3.49. The number of carboxylic acid groups (broad SMARTS) is 1. The number of unbranched alkanes of at least 4 members (excludes halogenated alkanes) is 3. The second-order valence-corrected chi connectivity index (χ2v) is 5.91. The maximum atomic E-state index is 12.1. The molecule has 0 aliphatic rings. The van der Waals surface area contributed by atoms with Crippen molar-refractivity contribution in [3.63, 3.8) is 0 Å². The number of esters is 1. The van der Waals surface area contributed by atoms with Gasteiger partial charge >= 0.3 is 17.9 Å². The number of ether oxygens (including phenoxy) is 3. The predicted octanol–water partition coefficient (Wildman–Crippen LogP) is 4.26. The Morgan fingerprint density at radius 3 is 1.83 bits per heavy atom. The zero-order valence-corrected chi connectivity index (χ0v) is 15.5. The topological polar surface area (TPSA) is 82.1 Å². The maximum Gasteiger partial charge on any atom is 0.329 e. The molecule has 0 amide bonds. The summed E-state index contributed by atoms with van der Waals surface area (Å²) in [4.78, 5) is 22.6. The van der Waals surface area contributed by atoms with E-state index in [1.165, 1.54) is 0 Å². The summed E-state index contributed by atoms with van der Waals surface area (Å²) in [5.41, 5.74) is 0. The number of hydrogen-bond acceptors (Lipinski definition) is 5. The lowest BCUT2D eigenvalue weighted by molar-refractivity contribution is -0.366. The second-order valence-electron chi connectivity index (χ2n) is 5.91. The summed E-state index contributed by atoms with van der Waals surface area (Å²) >= 11 is 0. The first-order valence-corrected chi connectivity index (χ1v) is 9.21. The van der Waals surface area contributed by atoms with Crippen LogP contribution >= 0.6 is 0 Å². The third-order valence-electron chi connectivity index (χ3n) is 3.49. The normalized spacial score (nSPS) is 11.5. The Balaban J connectivity index is 4.60. The van der Waals surface area contributed by atoms with Crippen LogP contribution in [-0.4, -0.2) is 36.2 Å². The zero-order valence-electron chi connectivity index (χ0n) is 15.5. The first kappa shape index (κ1) is 22.9. The molecule has 0 aliphatic carbocycles. The van der Waals surface area contributed by atoms with Crippen LogP contribution in [0.3, 0.4) is 0 Å². The van der Waals surface area contributed by atoms with E-state index < -0.39 is 17.9 Å². The number of rotatable bonds is 16. The average molecular weight is 346 g/mol. The number of aliphatic carboxylic acids is 1. The highest BCUT2D eigenvalue weighted by Gasteiger charge is 2.36. The van der Waals surface area contributed by atoms with Crippen molar-refractivity contribution in [2.75, 3.05) is 13.2 Å². The molecule has 0 aliphatic heterocycles. The summed E-state index contributed by atoms with van der Waals surface area (Å²) in [7, 11) is 0. The minimum atomic E-state index is -1.30. The van der Waals surface area contributed by atoms with Crippen LogP contribution in [0.15, 0.2) is 0 Å². The molecular weight excluding hydrogens is 312 g/mol. The van der Waals surface area contributed by atoms with Gasteiger partial charge in [0, 0.05) is 19.3 Å². The lowest BCUT2D eigenvalue weighted by Crippen LogP contribution is -2.41. The van der Waals surface area contributed by atoms with E-state index in [1.807, 2.05) is 6.92 Å². The van der Waals surface area contributed by atoms with Crippen LogP contribution in [0.1, 0.15) is 85.0 Å². The van der Waals surface area contributed by atoms with Crippen molar-refractivity contribution in [1.82, 2.24) is 0 Å². The van der Waals surface area contributed by atoms with Gasteiger partial charge in [-0.25, -0.2) is 0 Å². The fraction of sp³-hybridized carbons (Fsp3) is 0.889. The van der Waals surface area contributed by atoms with Crippen molar-refractivity contribution in [1.29, 1.82) is 0 Å². The van der Waals surface area contributed by atoms with Gasteiger partial charge < -0.3 is 19.3 Å². The van der Waals surface area contributed by atoms with Gasteiger partial charge in [-0.05, 0) is 32.1 Å². The van der Waals surface area contributed by atoms with Gasteiger partial charge in [0.15, 0.2) is 0 Å². The summed E-state index contributed by atoms with van der Waals surface area (Å²) < 4.78 is 17.2. The van der Waals surface area contributed by atoms with Crippen molar-refractivity contribution in [3.8, 4) is 0 Å². The SMILES string of the molecule is CCCCOC(CCC)(OCCCC)OC(=O)CCCCC(=O)O. The number of carbonyl (C=O) groups excluding carboxylic acids is 1. The van der Waals surface area contributed by atoms with Crippen molar-refractivity contribution in [2.45, 2.75) is 91.0 Å². The van der Waals surface area contributed by atoms with Gasteiger partial charge in [-0.3, -0.25) is 9.59 Å². The molecule has 0 aromatic rings. The predicted molar refractivity (Wildman–Crippen MR) is 91.6 cm³/mol. The molecule has 0 bridgehead atoms. The second kappa shape index (κ2) is 14.2. The third kappa shape index (κ3) is 11.4. The summed E-state index contributed by atoms with van der Waals surface area (Å²) in [5, 5.41) is 8.62. The summed E-state index contributed by atoms with van der Waals surface area (Å²) in [6, 6.07) is 0. The van der Waals surface area contributed by atoms with Crippen LogP contribution in [0.2, 0.25) is 0 Å². The Kier molecular flexibility index (Phi) is 13.5. The highest BCUT2D eigenvalue weighted by atomic mass is 16.9. The van der Waals surface area contributed by atoms with Crippen LogP contribution in [0.25, 0.3) is 0 Å². The van der Waals surface area contributed by atoms with E-state index in [0.29, 0.717) is 32.5 Å². The van der Waals surface area contributed by atoms with Crippen molar-refractivity contribution in [2.24, 2.45) is 0 Å². The van der Waals surface area contributed by atoms with Gasteiger partial charge in [0.05, 0.1) is 13.2 Å². The molecule has 0 saturated carbocycles. The van der Waals surface area contributed by atoms with E-state index in [9.17, 15) is 9.59 Å². The Morgan fingerprint density at radius 1 is 0.833 bits per heavy atom. The first-order chi connectivity index (χ1) is 11.5. The van der Waals surface area contributed by atoms with E-state index in [4.69, 9.17) is 19.3 Å². The van der Waals surface area contributed by atoms with Gasteiger partial charge in [-0.2, -0.15) is 0 Å². The van der Waals surface area contributed by atoms with Crippen LogP contribution in [-0.2, 0) is 23.8 Å². The molecule has 0 spiro atoms. The molecule has 24 heavy (non-hydrogen) atoms. The fourth-order valence-electron chi connectivity index (χ4n) is 2.12. The summed E-state index contributed by atoms with van der Waals surface area (Å²) in [5.74, 6) is -2.56. The van der Waals surface area contributed by atoms with Crippen molar-refractivity contribution in [3.05, 3.63) is 0 Å². The molecule has 0 saturated heterocycles. The van der Waals surface area contributed by atoms with E-state index in [2.05, 4.69) is 13.8 Å². The van der Waals surface area contributed by atoms with Crippen LogP contribution in [0.5, 0.6) is 0 Å². The Hall–Kier alpha value is -1.14. The fourth-order valence-corrected chi connectivity index (χ4v) is 2.12. The smallest absolute Gasteiger partial charge is 0.329 e. The van der Waals surface area contributed by atoms with E-state index in [0.717, 1.165) is 32.1 Å². The highest BCUT2D eigenvalue weighted by Crippen LogP contribution is 2.24. The van der Waals surface area contributed by atoms with Crippen LogP contribution < -0.4 is 0 Å². The van der Waals surface area contributed by atoms with E-state index in [1.54, 1.807) is 0 Å². The minimum absolute atomic E-state index is 0.0629. The van der Waals surface area contributed by atoms with E-state index >= 15 is 0 Å². The number of carboxylic acids is 1. The molecule has 142 valence electrons. The molecule has 0 fully saturated rings. The average Bonchev–Trinajstić information content (AvgIpc) is 2.52. The lowest BCUT2D eigenvalue weighted by atomic mass is 10.2. The molecule has 6 nitrogen and oxygen atoms in total. The summed E-state index contributed by atoms with van der Waals surface area (Å²) in [6.07, 6.45) is 6.15. The molecular formula is C18H34O6. The Morgan fingerprint density at radius 2 is 1.38 bits per heavy atom. The van der Waals surface area contributed by atoms with Crippen LogP contribution in [0, 0.1) is 0 Å². The molecule has 0 unspecified atom stereocenters. The molecule has 0 aromatic carbocycles. The molecule has 0 atom stereocenters. The summed E-state index contributed by atoms with van der Waals surface area (Å²) in [6.45, 7) is 7.08. The van der Waals surface area contributed by atoms with E-state index in [-0.39, 0.29) is 12.8 Å². The number of hydrogen-bond donors (Lipinski definition) is 1. The van der Waals surface area contributed by atoms with Gasteiger partial charge in [-0.15, -0.1) is 0 Å². The molecule has 6 heteroatoms.